The summed E-state index contributed by atoms with van der Waals surface area (Å²) in [7, 11) is 0. The lowest BCUT2D eigenvalue weighted by atomic mass is 9.80. The summed E-state index contributed by atoms with van der Waals surface area (Å²) in [4.78, 5) is 15.0. The van der Waals surface area contributed by atoms with Crippen molar-refractivity contribution in [1.29, 1.82) is 0 Å². The maximum atomic E-state index is 11.1. The van der Waals surface area contributed by atoms with E-state index in [9.17, 15) is 10.1 Å². The Morgan fingerprint density at radius 3 is 2.79 bits per heavy atom. The van der Waals surface area contributed by atoms with Crippen LogP contribution in [0.25, 0.3) is 0 Å². The molecule has 5 nitrogen and oxygen atoms in total. The maximum Gasteiger partial charge on any atom is 0.314 e. The van der Waals surface area contributed by atoms with Gasteiger partial charge in [0.2, 0.25) is 5.82 Å². The van der Waals surface area contributed by atoms with E-state index in [0.717, 1.165) is 18.8 Å². The van der Waals surface area contributed by atoms with Gasteiger partial charge in [0.15, 0.2) is 0 Å². The highest BCUT2D eigenvalue weighted by molar-refractivity contribution is 5.60. The van der Waals surface area contributed by atoms with Crippen LogP contribution in [-0.4, -0.2) is 15.9 Å². The van der Waals surface area contributed by atoms with Gasteiger partial charge in [0, 0.05) is 17.8 Å². The number of anilines is 1. The number of nitrogens with one attached hydrogen (secondary N) is 1. The lowest BCUT2D eigenvalue weighted by molar-refractivity contribution is -0.384. The zero-order valence-corrected chi connectivity index (χ0v) is 11.7. The molecule has 0 aliphatic heterocycles. The van der Waals surface area contributed by atoms with Crippen LogP contribution in [0.4, 0.5) is 11.5 Å². The van der Waals surface area contributed by atoms with E-state index in [4.69, 9.17) is 0 Å². The molecule has 3 unspecified atom stereocenters. The molecule has 19 heavy (non-hydrogen) atoms. The molecule has 0 amide bonds. The molecule has 1 aromatic rings. The van der Waals surface area contributed by atoms with E-state index >= 15 is 0 Å². The monoisotopic (exact) mass is 263 g/mol. The molecule has 0 spiro atoms. The molecule has 0 saturated heterocycles. The van der Waals surface area contributed by atoms with E-state index in [2.05, 4.69) is 24.1 Å². The fraction of sp³-hybridized carbons (Fsp3) is 0.643. The average molecular weight is 263 g/mol. The Labute approximate surface area is 113 Å². The van der Waals surface area contributed by atoms with Gasteiger partial charge in [-0.3, -0.25) is 10.1 Å². The van der Waals surface area contributed by atoms with E-state index in [1.54, 1.807) is 19.2 Å². The number of nitro groups is 1. The van der Waals surface area contributed by atoms with E-state index in [-0.39, 0.29) is 16.7 Å². The Bertz CT molecular complexity index is 476. The summed E-state index contributed by atoms with van der Waals surface area (Å²) in [5.41, 5.74) is 0.757. The third kappa shape index (κ3) is 3.03. The van der Waals surface area contributed by atoms with E-state index in [0.29, 0.717) is 17.3 Å². The first kappa shape index (κ1) is 13.8. The number of nitrogens with zero attached hydrogens (tertiary/aromatic N) is 2. The molecule has 0 radical (unpaired) electrons. The number of hydrogen-bond donors (Lipinski definition) is 1. The Kier molecular flexibility index (Phi) is 4.02. The van der Waals surface area contributed by atoms with Gasteiger partial charge < -0.3 is 5.32 Å². The standard InChI is InChI=1S/C14H21N3O2/c1-9-4-5-12(11(3)8-9)16-14-13(17(18)19)10(2)6-7-15-14/h6-7,9,11-12H,4-5,8H2,1-3H3,(H,15,16). The van der Waals surface area contributed by atoms with Crippen molar-refractivity contribution in [1.82, 2.24) is 4.98 Å². The van der Waals surface area contributed by atoms with Crippen LogP contribution in [0.3, 0.4) is 0 Å². The zero-order valence-electron chi connectivity index (χ0n) is 11.7. The van der Waals surface area contributed by atoms with Crippen LogP contribution in [0.15, 0.2) is 12.3 Å². The second-order valence-electron chi connectivity index (χ2n) is 5.73. The molecular formula is C14H21N3O2. The molecule has 0 bridgehead atoms. The van der Waals surface area contributed by atoms with Gasteiger partial charge in [-0.1, -0.05) is 13.8 Å². The van der Waals surface area contributed by atoms with E-state index < -0.39 is 0 Å². The van der Waals surface area contributed by atoms with Crippen molar-refractivity contribution in [3.8, 4) is 0 Å². The lowest BCUT2D eigenvalue weighted by Crippen LogP contribution is -2.33. The van der Waals surface area contributed by atoms with Crippen molar-refractivity contribution in [2.75, 3.05) is 5.32 Å². The first-order chi connectivity index (χ1) is 8.99. The minimum Gasteiger partial charge on any atom is -0.361 e. The van der Waals surface area contributed by atoms with Crippen LogP contribution in [0.2, 0.25) is 0 Å². The second kappa shape index (κ2) is 5.55. The van der Waals surface area contributed by atoms with Gasteiger partial charge in [0.1, 0.15) is 0 Å². The fourth-order valence-electron chi connectivity index (χ4n) is 2.94. The molecule has 1 aromatic heterocycles. The maximum absolute atomic E-state index is 11.1. The lowest BCUT2D eigenvalue weighted by Gasteiger charge is -2.33. The average Bonchev–Trinajstić information content (AvgIpc) is 2.32. The predicted octanol–water partition coefficient (Wildman–Crippen LogP) is 3.53. The van der Waals surface area contributed by atoms with E-state index in [1.165, 1.54) is 6.42 Å². The molecule has 104 valence electrons. The first-order valence-electron chi connectivity index (χ1n) is 6.85. The van der Waals surface area contributed by atoms with Crippen LogP contribution in [0.5, 0.6) is 0 Å². The molecule has 1 saturated carbocycles. The minimum atomic E-state index is -0.346. The van der Waals surface area contributed by atoms with Gasteiger partial charge in [-0.15, -0.1) is 0 Å². The van der Waals surface area contributed by atoms with Gasteiger partial charge in [0.25, 0.3) is 0 Å². The number of pyridine rings is 1. The van der Waals surface area contributed by atoms with Gasteiger partial charge in [-0.05, 0) is 44.1 Å². The topological polar surface area (TPSA) is 68.1 Å². The molecule has 1 fully saturated rings. The van der Waals surface area contributed by atoms with Crippen LogP contribution in [0.1, 0.15) is 38.7 Å². The molecular weight excluding hydrogens is 242 g/mol. The van der Waals surface area contributed by atoms with Crippen LogP contribution < -0.4 is 5.32 Å². The van der Waals surface area contributed by atoms with Crippen molar-refractivity contribution >= 4 is 11.5 Å². The van der Waals surface area contributed by atoms with Crippen molar-refractivity contribution in [3.05, 3.63) is 27.9 Å². The Hall–Kier alpha value is -1.65. The van der Waals surface area contributed by atoms with Crippen molar-refractivity contribution in [3.63, 3.8) is 0 Å². The normalized spacial score (nSPS) is 27.0. The molecule has 3 atom stereocenters. The van der Waals surface area contributed by atoms with Crippen LogP contribution in [0, 0.1) is 28.9 Å². The van der Waals surface area contributed by atoms with Crippen LogP contribution in [-0.2, 0) is 0 Å². The molecule has 1 aliphatic carbocycles. The molecule has 5 heteroatoms. The molecule has 1 N–H and O–H groups in total. The summed E-state index contributed by atoms with van der Waals surface area (Å²) in [6.45, 7) is 6.21. The van der Waals surface area contributed by atoms with Gasteiger partial charge >= 0.3 is 5.69 Å². The summed E-state index contributed by atoms with van der Waals surface area (Å²) in [5.74, 6) is 1.68. The Morgan fingerprint density at radius 2 is 2.16 bits per heavy atom. The third-order valence-electron chi connectivity index (χ3n) is 4.06. The smallest absolute Gasteiger partial charge is 0.314 e. The SMILES string of the molecule is Cc1ccnc(NC2CCC(C)CC2C)c1[N+](=O)[O-]. The number of hydrogen-bond acceptors (Lipinski definition) is 4. The fourth-order valence-corrected chi connectivity index (χ4v) is 2.94. The Balaban J connectivity index is 2.19. The van der Waals surface area contributed by atoms with Gasteiger partial charge in [0.05, 0.1) is 4.92 Å². The van der Waals surface area contributed by atoms with Crippen LogP contribution >= 0.6 is 0 Å². The van der Waals surface area contributed by atoms with Gasteiger partial charge in [-0.2, -0.15) is 0 Å². The highest BCUT2D eigenvalue weighted by Gasteiger charge is 2.28. The summed E-state index contributed by atoms with van der Waals surface area (Å²) in [5, 5.41) is 14.4. The number of aromatic nitrogens is 1. The summed E-state index contributed by atoms with van der Waals surface area (Å²) >= 11 is 0. The largest absolute Gasteiger partial charge is 0.361 e. The first-order valence-corrected chi connectivity index (χ1v) is 6.85. The Morgan fingerprint density at radius 1 is 1.42 bits per heavy atom. The van der Waals surface area contributed by atoms with Gasteiger partial charge in [-0.25, -0.2) is 4.98 Å². The zero-order chi connectivity index (χ0) is 14.0. The molecule has 1 aliphatic rings. The quantitative estimate of drug-likeness (QED) is 0.669. The van der Waals surface area contributed by atoms with Crippen molar-refractivity contribution in [2.45, 2.75) is 46.1 Å². The minimum absolute atomic E-state index is 0.105. The third-order valence-corrected chi connectivity index (χ3v) is 4.06. The summed E-state index contributed by atoms with van der Waals surface area (Å²) in [6, 6.07) is 1.96. The highest BCUT2D eigenvalue weighted by atomic mass is 16.6. The second-order valence-corrected chi connectivity index (χ2v) is 5.73. The summed E-state index contributed by atoms with van der Waals surface area (Å²) < 4.78 is 0. The molecule has 1 heterocycles. The van der Waals surface area contributed by atoms with Crippen molar-refractivity contribution in [2.24, 2.45) is 11.8 Å². The number of aryl methyl sites for hydroxylation is 1. The number of rotatable bonds is 3. The summed E-state index contributed by atoms with van der Waals surface area (Å²) in [6.07, 6.45) is 5.01. The van der Waals surface area contributed by atoms with Crippen molar-refractivity contribution < 1.29 is 4.92 Å². The molecule has 0 aromatic carbocycles. The highest BCUT2D eigenvalue weighted by Crippen LogP contribution is 2.33. The van der Waals surface area contributed by atoms with E-state index in [1.807, 2.05) is 0 Å². The predicted molar refractivity (Wildman–Crippen MR) is 75.2 cm³/mol. The molecule has 2 rings (SSSR count).